The first kappa shape index (κ1) is 12.4. The highest BCUT2D eigenvalue weighted by atomic mass is 35.5. The van der Waals surface area contributed by atoms with Gasteiger partial charge in [-0.15, -0.1) is 11.3 Å². The summed E-state index contributed by atoms with van der Waals surface area (Å²) in [6.45, 7) is 2.39. The molecule has 1 heterocycles. The summed E-state index contributed by atoms with van der Waals surface area (Å²) in [5.41, 5.74) is 6.82. The average molecular weight is 267 g/mol. The Kier molecular flexibility index (Phi) is 4.42. The smallest absolute Gasteiger partial charge is 0.0523 e. The number of rotatable bonds is 5. The summed E-state index contributed by atoms with van der Waals surface area (Å²) in [7, 11) is 0. The first-order valence-electron chi connectivity index (χ1n) is 5.52. The molecular formula is C13H15ClN2S. The van der Waals surface area contributed by atoms with Crippen molar-refractivity contribution in [3.63, 3.8) is 0 Å². The van der Waals surface area contributed by atoms with E-state index >= 15 is 0 Å². The Bertz CT molecular complexity index is 439. The van der Waals surface area contributed by atoms with Crippen molar-refractivity contribution < 1.29 is 0 Å². The van der Waals surface area contributed by atoms with E-state index in [4.69, 9.17) is 17.3 Å². The molecule has 4 heteroatoms. The van der Waals surface area contributed by atoms with Crippen molar-refractivity contribution in [1.29, 1.82) is 0 Å². The van der Waals surface area contributed by atoms with Crippen LogP contribution in [0.1, 0.15) is 4.88 Å². The normalized spacial score (nSPS) is 10.5. The van der Waals surface area contributed by atoms with Gasteiger partial charge in [-0.3, -0.25) is 0 Å². The Morgan fingerprint density at radius 2 is 1.94 bits per heavy atom. The second kappa shape index (κ2) is 6.05. The summed E-state index contributed by atoms with van der Waals surface area (Å²) >= 11 is 7.66. The molecule has 0 saturated heterocycles. The van der Waals surface area contributed by atoms with Crippen LogP contribution in [0, 0.1) is 0 Å². The third-order valence-electron chi connectivity index (χ3n) is 2.52. The van der Waals surface area contributed by atoms with Gasteiger partial charge >= 0.3 is 0 Å². The van der Waals surface area contributed by atoms with E-state index in [0.717, 1.165) is 23.8 Å². The van der Waals surface area contributed by atoms with Crippen LogP contribution in [0.25, 0.3) is 0 Å². The molecule has 0 aliphatic rings. The number of benzene rings is 1. The fourth-order valence-corrected chi connectivity index (χ4v) is 2.54. The van der Waals surface area contributed by atoms with Crippen molar-refractivity contribution in [2.24, 2.45) is 5.73 Å². The van der Waals surface area contributed by atoms with E-state index in [1.807, 2.05) is 24.3 Å². The van der Waals surface area contributed by atoms with E-state index in [1.165, 1.54) is 4.88 Å². The van der Waals surface area contributed by atoms with Crippen LogP contribution in [0.4, 0.5) is 5.69 Å². The van der Waals surface area contributed by atoms with Crippen LogP contribution in [0.3, 0.4) is 0 Å². The van der Waals surface area contributed by atoms with E-state index in [0.29, 0.717) is 6.54 Å². The van der Waals surface area contributed by atoms with Crippen LogP contribution in [-0.2, 0) is 6.54 Å². The molecule has 0 aliphatic carbocycles. The third-order valence-corrected chi connectivity index (χ3v) is 3.63. The molecule has 2 aromatic rings. The number of thiophene rings is 1. The average Bonchev–Trinajstić information content (AvgIpc) is 2.82. The van der Waals surface area contributed by atoms with Gasteiger partial charge in [-0.25, -0.2) is 0 Å². The lowest BCUT2D eigenvalue weighted by Crippen LogP contribution is -2.28. The summed E-state index contributed by atoms with van der Waals surface area (Å²) in [6.07, 6.45) is 0. The highest BCUT2D eigenvalue weighted by Crippen LogP contribution is 2.21. The van der Waals surface area contributed by atoms with Crippen molar-refractivity contribution in [1.82, 2.24) is 0 Å². The van der Waals surface area contributed by atoms with E-state index in [-0.39, 0.29) is 0 Å². The van der Waals surface area contributed by atoms with Gasteiger partial charge in [0.25, 0.3) is 0 Å². The van der Waals surface area contributed by atoms with E-state index in [9.17, 15) is 0 Å². The van der Waals surface area contributed by atoms with Crippen LogP contribution < -0.4 is 10.6 Å². The molecule has 0 saturated carbocycles. The van der Waals surface area contributed by atoms with Gasteiger partial charge < -0.3 is 10.6 Å². The Morgan fingerprint density at radius 3 is 2.53 bits per heavy atom. The van der Waals surface area contributed by atoms with Gasteiger partial charge in [-0.1, -0.05) is 17.7 Å². The van der Waals surface area contributed by atoms with Crippen LogP contribution in [0.2, 0.25) is 5.02 Å². The van der Waals surface area contributed by atoms with Crippen LogP contribution in [-0.4, -0.2) is 13.1 Å². The van der Waals surface area contributed by atoms with E-state index in [2.05, 4.69) is 22.4 Å². The number of halogens is 1. The van der Waals surface area contributed by atoms with Gasteiger partial charge in [0, 0.05) is 28.7 Å². The molecule has 1 aromatic heterocycles. The van der Waals surface area contributed by atoms with Crippen molar-refractivity contribution in [3.8, 4) is 0 Å². The molecular weight excluding hydrogens is 252 g/mol. The maximum atomic E-state index is 5.90. The maximum absolute atomic E-state index is 5.90. The minimum atomic E-state index is 0.647. The van der Waals surface area contributed by atoms with Gasteiger partial charge in [0.1, 0.15) is 0 Å². The molecule has 90 valence electrons. The number of nitrogens with zero attached hydrogens (tertiary/aromatic N) is 1. The maximum Gasteiger partial charge on any atom is 0.0523 e. The van der Waals surface area contributed by atoms with Crippen LogP contribution in [0.15, 0.2) is 41.8 Å². The predicted molar refractivity (Wildman–Crippen MR) is 75.9 cm³/mol. The molecule has 0 fully saturated rings. The molecule has 2 rings (SSSR count). The summed E-state index contributed by atoms with van der Waals surface area (Å²) in [5, 5.41) is 2.86. The molecule has 0 radical (unpaired) electrons. The van der Waals surface area contributed by atoms with Gasteiger partial charge in [-0.2, -0.15) is 0 Å². The van der Waals surface area contributed by atoms with Gasteiger partial charge in [-0.05, 0) is 35.7 Å². The first-order chi connectivity index (χ1) is 8.29. The monoisotopic (exact) mass is 266 g/mol. The van der Waals surface area contributed by atoms with E-state index < -0.39 is 0 Å². The molecule has 0 spiro atoms. The second-order valence-corrected chi connectivity index (χ2v) is 5.23. The lowest BCUT2D eigenvalue weighted by atomic mass is 10.2. The zero-order valence-corrected chi connectivity index (χ0v) is 11.0. The molecule has 0 atom stereocenters. The zero-order valence-electron chi connectivity index (χ0n) is 9.47. The largest absolute Gasteiger partial charge is 0.365 e. The Labute approximate surface area is 111 Å². The lowest BCUT2D eigenvalue weighted by Gasteiger charge is -2.23. The minimum absolute atomic E-state index is 0.647. The number of anilines is 1. The van der Waals surface area contributed by atoms with Crippen molar-refractivity contribution >= 4 is 28.6 Å². The lowest BCUT2D eigenvalue weighted by molar-refractivity contribution is 0.798. The number of hydrogen-bond donors (Lipinski definition) is 1. The Balaban J connectivity index is 2.13. The minimum Gasteiger partial charge on any atom is -0.365 e. The molecule has 0 unspecified atom stereocenters. The van der Waals surface area contributed by atoms with Crippen molar-refractivity contribution in [2.45, 2.75) is 6.54 Å². The van der Waals surface area contributed by atoms with Gasteiger partial charge in [0.2, 0.25) is 0 Å². The molecule has 1 aromatic carbocycles. The molecule has 2 nitrogen and oxygen atoms in total. The number of nitrogens with two attached hydrogens (primary N) is 1. The first-order valence-corrected chi connectivity index (χ1v) is 6.78. The summed E-state index contributed by atoms with van der Waals surface area (Å²) in [4.78, 5) is 3.61. The summed E-state index contributed by atoms with van der Waals surface area (Å²) in [5.74, 6) is 0. The fraction of sp³-hybridized carbons (Fsp3) is 0.231. The zero-order chi connectivity index (χ0) is 12.1. The summed E-state index contributed by atoms with van der Waals surface area (Å²) in [6, 6.07) is 12.1. The molecule has 0 bridgehead atoms. The van der Waals surface area contributed by atoms with Crippen molar-refractivity contribution in [2.75, 3.05) is 18.0 Å². The summed E-state index contributed by atoms with van der Waals surface area (Å²) < 4.78 is 0. The SMILES string of the molecule is NCCN(Cc1cccs1)c1ccc(Cl)cc1. The highest BCUT2D eigenvalue weighted by Gasteiger charge is 2.07. The third kappa shape index (κ3) is 3.46. The molecule has 0 aliphatic heterocycles. The van der Waals surface area contributed by atoms with Gasteiger partial charge in [0.05, 0.1) is 6.54 Å². The Morgan fingerprint density at radius 1 is 1.18 bits per heavy atom. The fourth-order valence-electron chi connectivity index (χ4n) is 1.70. The molecule has 2 N–H and O–H groups in total. The predicted octanol–water partition coefficient (Wildman–Crippen LogP) is 3.37. The van der Waals surface area contributed by atoms with E-state index in [1.54, 1.807) is 11.3 Å². The van der Waals surface area contributed by atoms with Crippen molar-refractivity contribution in [3.05, 3.63) is 51.7 Å². The van der Waals surface area contributed by atoms with Crippen LogP contribution >= 0.6 is 22.9 Å². The topological polar surface area (TPSA) is 29.3 Å². The van der Waals surface area contributed by atoms with Gasteiger partial charge in [0.15, 0.2) is 0 Å². The van der Waals surface area contributed by atoms with Crippen LogP contribution in [0.5, 0.6) is 0 Å². The highest BCUT2D eigenvalue weighted by molar-refractivity contribution is 7.09. The Hall–Kier alpha value is -1.03. The molecule has 0 amide bonds. The standard InChI is InChI=1S/C13H15ClN2S/c14-11-3-5-12(6-4-11)16(8-7-15)10-13-2-1-9-17-13/h1-6,9H,7-8,10,15H2. The molecule has 17 heavy (non-hydrogen) atoms. The quantitative estimate of drug-likeness (QED) is 0.899. The second-order valence-electron chi connectivity index (χ2n) is 3.77. The number of hydrogen-bond acceptors (Lipinski definition) is 3.